The third-order valence-electron chi connectivity index (χ3n) is 2.22. The molecular formula is C11H15N3O3. The van der Waals surface area contributed by atoms with E-state index < -0.39 is 4.92 Å². The van der Waals surface area contributed by atoms with E-state index in [1.165, 1.54) is 24.3 Å². The van der Waals surface area contributed by atoms with Crippen LogP contribution in [-0.2, 0) is 4.79 Å². The number of nitro benzene ring substituents is 1. The first-order valence-electron chi connectivity index (χ1n) is 5.38. The predicted octanol–water partition coefficient (Wildman–Crippen LogP) is 1.66. The van der Waals surface area contributed by atoms with Crippen LogP contribution in [0.15, 0.2) is 24.3 Å². The van der Waals surface area contributed by atoms with Gasteiger partial charge in [-0.3, -0.25) is 14.9 Å². The number of nitrogens with zero attached hydrogens (tertiary/aromatic N) is 1. The topological polar surface area (TPSA) is 98.3 Å². The molecule has 0 aromatic heterocycles. The van der Waals surface area contributed by atoms with Crippen molar-refractivity contribution in [3.05, 3.63) is 34.4 Å². The lowest BCUT2D eigenvalue weighted by Gasteiger charge is -2.04. The van der Waals surface area contributed by atoms with E-state index in [2.05, 4.69) is 5.32 Å². The Bertz CT molecular complexity index is 389. The third kappa shape index (κ3) is 4.60. The standard InChI is InChI=1S/C11H15N3O3/c12-8-2-1-3-11(15)13-9-4-6-10(7-5-9)14(16)17/h4-7H,1-3,8,12H2,(H,13,15). The van der Waals surface area contributed by atoms with E-state index in [-0.39, 0.29) is 11.6 Å². The van der Waals surface area contributed by atoms with Crippen molar-refractivity contribution in [2.75, 3.05) is 11.9 Å². The zero-order chi connectivity index (χ0) is 12.7. The minimum absolute atomic E-state index is 0.00568. The van der Waals surface area contributed by atoms with Crippen molar-refractivity contribution >= 4 is 17.3 Å². The molecule has 0 aliphatic rings. The number of amides is 1. The fourth-order valence-electron chi connectivity index (χ4n) is 1.32. The van der Waals surface area contributed by atoms with Crippen LogP contribution in [0.2, 0.25) is 0 Å². The van der Waals surface area contributed by atoms with Gasteiger partial charge in [0.1, 0.15) is 0 Å². The molecule has 1 aromatic carbocycles. The number of nitrogens with two attached hydrogens (primary N) is 1. The SMILES string of the molecule is NCCCCC(=O)Nc1ccc([N+](=O)[O-])cc1. The predicted molar refractivity (Wildman–Crippen MR) is 64.6 cm³/mol. The maximum absolute atomic E-state index is 11.4. The quantitative estimate of drug-likeness (QED) is 0.446. The summed E-state index contributed by atoms with van der Waals surface area (Å²) in [7, 11) is 0. The summed E-state index contributed by atoms with van der Waals surface area (Å²) in [5, 5.41) is 13.1. The highest BCUT2D eigenvalue weighted by molar-refractivity contribution is 5.90. The molecule has 1 amide bonds. The lowest BCUT2D eigenvalue weighted by atomic mass is 10.2. The van der Waals surface area contributed by atoms with E-state index in [0.29, 0.717) is 18.7 Å². The zero-order valence-corrected chi connectivity index (χ0v) is 9.39. The normalized spacial score (nSPS) is 9.94. The van der Waals surface area contributed by atoms with Gasteiger partial charge in [0.2, 0.25) is 5.91 Å². The molecule has 17 heavy (non-hydrogen) atoms. The third-order valence-corrected chi connectivity index (χ3v) is 2.22. The maximum atomic E-state index is 11.4. The van der Waals surface area contributed by atoms with Gasteiger partial charge in [-0.1, -0.05) is 0 Å². The number of carbonyl (C=O) groups is 1. The maximum Gasteiger partial charge on any atom is 0.269 e. The van der Waals surface area contributed by atoms with Crippen molar-refractivity contribution in [1.29, 1.82) is 0 Å². The van der Waals surface area contributed by atoms with Crippen molar-refractivity contribution in [2.24, 2.45) is 5.73 Å². The Kier molecular flexibility index (Phi) is 5.09. The summed E-state index contributed by atoms with van der Waals surface area (Å²) in [5.74, 6) is -0.104. The zero-order valence-electron chi connectivity index (χ0n) is 9.39. The second-order valence-electron chi connectivity index (χ2n) is 3.60. The van der Waals surface area contributed by atoms with Crippen LogP contribution in [0.3, 0.4) is 0 Å². The smallest absolute Gasteiger partial charge is 0.269 e. The highest BCUT2D eigenvalue weighted by atomic mass is 16.6. The molecule has 1 aromatic rings. The van der Waals surface area contributed by atoms with Crippen molar-refractivity contribution in [1.82, 2.24) is 0 Å². The molecule has 6 nitrogen and oxygen atoms in total. The second kappa shape index (κ2) is 6.59. The molecule has 3 N–H and O–H groups in total. The van der Waals surface area contributed by atoms with Gasteiger partial charge in [-0.2, -0.15) is 0 Å². The molecule has 92 valence electrons. The van der Waals surface area contributed by atoms with Crippen molar-refractivity contribution < 1.29 is 9.72 Å². The van der Waals surface area contributed by atoms with Gasteiger partial charge in [-0.15, -0.1) is 0 Å². The number of carbonyl (C=O) groups excluding carboxylic acids is 1. The molecule has 0 atom stereocenters. The Labute approximate surface area is 99.0 Å². The number of benzene rings is 1. The molecule has 1 rings (SSSR count). The molecule has 0 fully saturated rings. The number of nitro groups is 1. The minimum atomic E-state index is -0.479. The highest BCUT2D eigenvalue weighted by Gasteiger charge is 2.05. The van der Waals surface area contributed by atoms with Crippen LogP contribution in [0.4, 0.5) is 11.4 Å². The van der Waals surface area contributed by atoms with E-state index in [1.807, 2.05) is 0 Å². The molecule has 0 spiro atoms. The van der Waals surface area contributed by atoms with Gasteiger partial charge in [0.15, 0.2) is 0 Å². The molecule has 0 aliphatic carbocycles. The summed E-state index contributed by atoms with van der Waals surface area (Å²) in [6.45, 7) is 0.574. The van der Waals surface area contributed by atoms with E-state index in [1.54, 1.807) is 0 Å². The summed E-state index contributed by atoms with van der Waals surface area (Å²) >= 11 is 0. The van der Waals surface area contributed by atoms with Gasteiger partial charge >= 0.3 is 0 Å². The van der Waals surface area contributed by atoms with Crippen molar-refractivity contribution in [3.8, 4) is 0 Å². The summed E-state index contributed by atoms with van der Waals surface area (Å²) in [6.07, 6.45) is 1.97. The van der Waals surface area contributed by atoms with Crippen LogP contribution < -0.4 is 11.1 Å². The monoisotopic (exact) mass is 237 g/mol. The van der Waals surface area contributed by atoms with E-state index in [4.69, 9.17) is 5.73 Å². The Morgan fingerprint density at radius 2 is 1.94 bits per heavy atom. The number of nitrogens with one attached hydrogen (secondary N) is 1. The number of hydrogen-bond acceptors (Lipinski definition) is 4. The number of rotatable bonds is 6. The van der Waals surface area contributed by atoms with Gasteiger partial charge in [-0.25, -0.2) is 0 Å². The van der Waals surface area contributed by atoms with Crippen molar-refractivity contribution in [3.63, 3.8) is 0 Å². The Morgan fingerprint density at radius 1 is 1.29 bits per heavy atom. The van der Waals surface area contributed by atoms with Gasteiger partial charge in [0.05, 0.1) is 4.92 Å². The molecular weight excluding hydrogens is 222 g/mol. The van der Waals surface area contributed by atoms with Gasteiger partial charge in [0, 0.05) is 24.2 Å². The summed E-state index contributed by atoms with van der Waals surface area (Å²) in [6, 6.07) is 5.74. The molecule has 0 saturated carbocycles. The van der Waals surface area contributed by atoms with Gasteiger partial charge < -0.3 is 11.1 Å². The fraction of sp³-hybridized carbons (Fsp3) is 0.364. The van der Waals surface area contributed by atoms with Crippen LogP contribution in [0.1, 0.15) is 19.3 Å². The minimum Gasteiger partial charge on any atom is -0.330 e. The van der Waals surface area contributed by atoms with Crippen LogP contribution in [0.5, 0.6) is 0 Å². The number of non-ortho nitro benzene ring substituents is 1. The van der Waals surface area contributed by atoms with Crippen LogP contribution in [-0.4, -0.2) is 17.4 Å². The number of hydrogen-bond donors (Lipinski definition) is 2. The Morgan fingerprint density at radius 3 is 2.47 bits per heavy atom. The Hall–Kier alpha value is -1.95. The average molecular weight is 237 g/mol. The second-order valence-corrected chi connectivity index (χ2v) is 3.60. The Balaban J connectivity index is 2.46. The molecule has 0 unspecified atom stereocenters. The van der Waals surface area contributed by atoms with E-state index >= 15 is 0 Å². The first-order chi connectivity index (χ1) is 8.13. The van der Waals surface area contributed by atoms with E-state index in [0.717, 1.165) is 12.8 Å². The van der Waals surface area contributed by atoms with Gasteiger partial charge in [-0.05, 0) is 31.5 Å². The fourth-order valence-corrected chi connectivity index (χ4v) is 1.32. The molecule has 0 saturated heterocycles. The summed E-state index contributed by atoms with van der Waals surface area (Å²) in [4.78, 5) is 21.4. The molecule has 0 bridgehead atoms. The lowest BCUT2D eigenvalue weighted by Crippen LogP contribution is -2.11. The number of anilines is 1. The molecule has 6 heteroatoms. The summed E-state index contributed by atoms with van der Waals surface area (Å²) in [5.41, 5.74) is 5.89. The molecule has 0 radical (unpaired) electrons. The van der Waals surface area contributed by atoms with E-state index in [9.17, 15) is 14.9 Å². The highest BCUT2D eigenvalue weighted by Crippen LogP contribution is 2.15. The summed E-state index contributed by atoms with van der Waals surface area (Å²) < 4.78 is 0. The van der Waals surface area contributed by atoms with Crippen LogP contribution in [0.25, 0.3) is 0 Å². The average Bonchev–Trinajstić information content (AvgIpc) is 2.30. The van der Waals surface area contributed by atoms with Crippen LogP contribution >= 0.6 is 0 Å². The lowest BCUT2D eigenvalue weighted by molar-refractivity contribution is -0.384. The molecule has 0 aliphatic heterocycles. The number of unbranched alkanes of at least 4 members (excludes halogenated alkanes) is 1. The van der Waals surface area contributed by atoms with Gasteiger partial charge in [0.25, 0.3) is 5.69 Å². The van der Waals surface area contributed by atoms with Crippen molar-refractivity contribution in [2.45, 2.75) is 19.3 Å². The first kappa shape index (κ1) is 13.1. The molecule has 0 heterocycles. The van der Waals surface area contributed by atoms with Crippen LogP contribution in [0, 0.1) is 10.1 Å². The first-order valence-corrected chi connectivity index (χ1v) is 5.38. The largest absolute Gasteiger partial charge is 0.330 e.